The first kappa shape index (κ1) is 20.7. The fourth-order valence-corrected chi connectivity index (χ4v) is 3.57. The molecule has 156 valence electrons. The van der Waals surface area contributed by atoms with Crippen LogP contribution in [0.4, 0.5) is 0 Å². The minimum atomic E-state index is -0.429. The van der Waals surface area contributed by atoms with Crippen LogP contribution in [0.15, 0.2) is 86.8 Å². The van der Waals surface area contributed by atoms with E-state index >= 15 is 0 Å². The molecule has 0 atom stereocenters. The number of nitrogens with zero attached hydrogens (tertiary/aromatic N) is 1. The van der Waals surface area contributed by atoms with E-state index in [1.54, 1.807) is 25.3 Å². The molecule has 0 aliphatic heterocycles. The summed E-state index contributed by atoms with van der Waals surface area (Å²) in [4.78, 5) is 12.3. The molecule has 0 saturated carbocycles. The first-order valence-electron chi connectivity index (χ1n) is 9.50. The van der Waals surface area contributed by atoms with E-state index in [1.807, 2.05) is 54.6 Å². The van der Waals surface area contributed by atoms with Crippen molar-refractivity contribution < 1.29 is 18.7 Å². The molecule has 0 aliphatic rings. The highest BCUT2D eigenvalue weighted by Gasteiger charge is 2.13. The van der Waals surface area contributed by atoms with Crippen molar-refractivity contribution >= 4 is 39.0 Å². The first-order valence-corrected chi connectivity index (χ1v) is 10.3. The standard InChI is InChI=1S/C24H19BrN2O4/c1-29-21-12-17(11-19(25)23(21)30-15-16-7-3-2-4-8-16)14-26-27-24(28)22-13-18-9-5-6-10-20(18)31-22/h2-14H,15H2,1H3,(H,27,28)/b26-14+. The number of nitrogens with one attached hydrogen (secondary N) is 1. The SMILES string of the molecule is COc1cc(/C=N/NC(=O)c2cc3ccccc3o2)cc(Br)c1OCc1ccccc1. The zero-order valence-electron chi connectivity index (χ0n) is 16.7. The fourth-order valence-electron chi connectivity index (χ4n) is 3.00. The summed E-state index contributed by atoms with van der Waals surface area (Å²) in [6.45, 7) is 0.413. The van der Waals surface area contributed by atoms with Crippen LogP contribution in [0.25, 0.3) is 11.0 Å². The lowest BCUT2D eigenvalue weighted by Crippen LogP contribution is -2.16. The topological polar surface area (TPSA) is 73.1 Å². The molecule has 31 heavy (non-hydrogen) atoms. The molecule has 0 spiro atoms. The van der Waals surface area contributed by atoms with Crippen molar-refractivity contribution in [2.75, 3.05) is 7.11 Å². The smallest absolute Gasteiger partial charge is 0.307 e. The van der Waals surface area contributed by atoms with Crippen LogP contribution in [-0.4, -0.2) is 19.2 Å². The molecule has 3 aromatic carbocycles. The van der Waals surface area contributed by atoms with Crippen LogP contribution in [0.1, 0.15) is 21.7 Å². The molecular formula is C24H19BrN2O4. The number of halogens is 1. The second-order valence-electron chi connectivity index (χ2n) is 6.66. The summed E-state index contributed by atoms with van der Waals surface area (Å²) in [6, 6.07) is 22.6. The number of ether oxygens (including phenoxy) is 2. The summed E-state index contributed by atoms with van der Waals surface area (Å²) in [5.41, 5.74) is 4.90. The third kappa shape index (κ3) is 4.95. The lowest BCUT2D eigenvalue weighted by molar-refractivity contribution is 0.0929. The number of furan rings is 1. The Kier molecular flexibility index (Phi) is 6.33. The van der Waals surface area contributed by atoms with Gasteiger partial charge in [0.15, 0.2) is 17.3 Å². The van der Waals surface area contributed by atoms with Crippen LogP contribution in [0, 0.1) is 0 Å². The van der Waals surface area contributed by atoms with Crippen LogP contribution < -0.4 is 14.9 Å². The zero-order chi connectivity index (χ0) is 21.6. The lowest BCUT2D eigenvalue weighted by Gasteiger charge is -2.13. The Balaban J connectivity index is 1.44. The summed E-state index contributed by atoms with van der Waals surface area (Å²) in [6.07, 6.45) is 1.52. The molecular weight excluding hydrogens is 460 g/mol. The van der Waals surface area contributed by atoms with Crippen molar-refractivity contribution in [3.8, 4) is 11.5 Å². The third-order valence-electron chi connectivity index (χ3n) is 4.51. The maximum absolute atomic E-state index is 12.3. The quantitative estimate of drug-likeness (QED) is 0.279. The molecule has 1 amide bonds. The number of hydrazone groups is 1. The summed E-state index contributed by atoms with van der Waals surface area (Å²) in [5.74, 6) is 0.910. The van der Waals surface area contributed by atoms with Gasteiger partial charge in [0, 0.05) is 5.39 Å². The molecule has 0 radical (unpaired) electrons. The van der Waals surface area contributed by atoms with Crippen LogP contribution in [0.5, 0.6) is 11.5 Å². The molecule has 0 saturated heterocycles. The third-order valence-corrected chi connectivity index (χ3v) is 5.10. The van der Waals surface area contributed by atoms with E-state index in [4.69, 9.17) is 13.9 Å². The van der Waals surface area contributed by atoms with Crippen molar-refractivity contribution in [2.24, 2.45) is 5.10 Å². The van der Waals surface area contributed by atoms with Gasteiger partial charge in [-0.1, -0.05) is 48.5 Å². The number of hydrogen-bond donors (Lipinski definition) is 1. The van der Waals surface area contributed by atoms with Gasteiger partial charge < -0.3 is 13.9 Å². The average molecular weight is 479 g/mol. The number of fused-ring (bicyclic) bond motifs is 1. The van der Waals surface area contributed by atoms with Gasteiger partial charge in [0.05, 0.1) is 17.8 Å². The Bertz CT molecular complexity index is 1200. The second kappa shape index (κ2) is 9.49. The first-order chi connectivity index (χ1) is 15.1. The predicted molar refractivity (Wildman–Crippen MR) is 123 cm³/mol. The van der Waals surface area contributed by atoms with Gasteiger partial charge >= 0.3 is 5.91 Å². The van der Waals surface area contributed by atoms with Crippen molar-refractivity contribution in [2.45, 2.75) is 6.61 Å². The van der Waals surface area contributed by atoms with Crippen molar-refractivity contribution in [3.63, 3.8) is 0 Å². The van der Waals surface area contributed by atoms with Crippen molar-refractivity contribution in [1.82, 2.24) is 5.43 Å². The minimum Gasteiger partial charge on any atom is -0.493 e. The van der Waals surface area contributed by atoms with Crippen LogP contribution >= 0.6 is 15.9 Å². The summed E-state index contributed by atoms with van der Waals surface area (Å²) < 4.78 is 17.7. The molecule has 7 heteroatoms. The molecule has 6 nitrogen and oxygen atoms in total. The van der Waals surface area contributed by atoms with E-state index in [2.05, 4.69) is 26.5 Å². The van der Waals surface area contributed by atoms with Crippen molar-refractivity contribution in [1.29, 1.82) is 0 Å². The van der Waals surface area contributed by atoms with E-state index in [9.17, 15) is 4.79 Å². The van der Waals surface area contributed by atoms with Gasteiger partial charge in [-0.25, -0.2) is 5.43 Å². The fraction of sp³-hybridized carbons (Fsp3) is 0.0833. The maximum atomic E-state index is 12.3. The number of methoxy groups -OCH3 is 1. The van der Waals surface area contributed by atoms with Crippen LogP contribution in [-0.2, 0) is 6.61 Å². The van der Waals surface area contributed by atoms with E-state index in [0.29, 0.717) is 28.2 Å². The van der Waals surface area contributed by atoms with Gasteiger partial charge in [-0.15, -0.1) is 0 Å². The largest absolute Gasteiger partial charge is 0.493 e. The van der Waals surface area contributed by atoms with E-state index in [-0.39, 0.29) is 5.76 Å². The number of carbonyl (C=O) groups excluding carboxylic acids is 1. The number of rotatable bonds is 7. The number of para-hydroxylation sites is 1. The molecule has 1 N–H and O–H groups in total. The normalized spacial score (nSPS) is 11.0. The summed E-state index contributed by atoms with van der Waals surface area (Å²) >= 11 is 3.52. The molecule has 1 heterocycles. The predicted octanol–water partition coefficient (Wildman–Crippen LogP) is 5.55. The van der Waals surface area contributed by atoms with Gasteiger partial charge in [-0.2, -0.15) is 5.10 Å². The molecule has 0 fully saturated rings. The Hall–Kier alpha value is -3.58. The van der Waals surface area contributed by atoms with E-state index < -0.39 is 5.91 Å². The minimum absolute atomic E-state index is 0.196. The number of carbonyl (C=O) groups is 1. The van der Waals surface area contributed by atoms with Gasteiger partial charge in [-0.3, -0.25) is 4.79 Å². The van der Waals surface area contributed by atoms with E-state index in [1.165, 1.54) is 6.21 Å². The second-order valence-corrected chi connectivity index (χ2v) is 7.51. The number of amides is 1. The summed E-state index contributed by atoms with van der Waals surface area (Å²) in [5, 5.41) is 4.88. The maximum Gasteiger partial charge on any atom is 0.307 e. The summed E-state index contributed by atoms with van der Waals surface area (Å²) in [7, 11) is 1.57. The number of hydrogen-bond acceptors (Lipinski definition) is 5. The van der Waals surface area contributed by atoms with Crippen LogP contribution in [0.2, 0.25) is 0 Å². The average Bonchev–Trinajstić information content (AvgIpc) is 3.23. The Morgan fingerprint density at radius 2 is 1.87 bits per heavy atom. The van der Waals surface area contributed by atoms with Gasteiger partial charge in [0.2, 0.25) is 0 Å². The molecule has 4 rings (SSSR count). The van der Waals surface area contributed by atoms with Gasteiger partial charge in [0.1, 0.15) is 12.2 Å². The highest BCUT2D eigenvalue weighted by Crippen LogP contribution is 2.36. The van der Waals surface area contributed by atoms with Crippen LogP contribution in [0.3, 0.4) is 0 Å². The molecule has 0 bridgehead atoms. The monoisotopic (exact) mass is 478 g/mol. The molecule has 1 aromatic heterocycles. The lowest BCUT2D eigenvalue weighted by atomic mass is 10.2. The molecule has 4 aromatic rings. The highest BCUT2D eigenvalue weighted by atomic mass is 79.9. The highest BCUT2D eigenvalue weighted by molar-refractivity contribution is 9.10. The van der Waals surface area contributed by atoms with Crippen molar-refractivity contribution in [3.05, 3.63) is 94.2 Å². The van der Waals surface area contributed by atoms with Gasteiger partial charge in [-0.05, 0) is 51.3 Å². The molecule has 0 aliphatic carbocycles. The van der Waals surface area contributed by atoms with Gasteiger partial charge in [0.25, 0.3) is 0 Å². The Morgan fingerprint density at radius 1 is 1.10 bits per heavy atom. The van der Waals surface area contributed by atoms with E-state index in [0.717, 1.165) is 16.5 Å². The molecule has 0 unspecified atom stereocenters. The zero-order valence-corrected chi connectivity index (χ0v) is 18.3. The Labute approximate surface area is 187 Å². The Morgan fingerprint density at radius 3 is 2.65 bits per heavy atom. The number of benzene rings is 3.